The van der Waals surface area contributed by atoms with Gasteiger partial charge in [0.1, 0.15) is 5.75 Å². The van der Waals surface area contributed by atoms with Gasteiger partial charge in [-0.15, -0.1) is 0 Å². The van der Waals surface area contributed by atoms with Gasteiger partial charge in [0.15, 0.2) is 0 Å². The summed E-state index contributed by atoms with van der Waals surface area (Å²) in [5.41, 5.74) is 8.20. The number of hydrogen-bond acceptors (Lipinski definition) is 3. The molecule has 1 fully saturated rings. The first-order valence-corrected chi connectivity index (χ1v) is 6.86. The van der Waals surface area contributed by atoms with Crippen molar-refractivity contribution in [1.29, 1.82) is 0 Å². The summed E-state index contributed by atoms with van der Waals surface area (Å²) in [6.45, 7) is 3.64. The van der Waals surface area contributed by atoms with Crippen molar-refractivity contribution in [3.63, 3.8) is 0 Å². The third kappa shape index (κ3) is 2.89. The molecule has 1 aromatic carbocycles. The molecule has 0 saturated heterocycles. The Morgan fingerprint density at radius 1 is 1.32 bits per heavy atom. The zero-order valence-electron chi connectivity index (χ0n) is 11.6. The maximum Gasteiger partial charge on any atom is 0.229 e. The Bertz CT molecular complexity index is 485. The van der Waals surface area contributed by atoms with Gasteiger partial charge in [0.05, 0.1) is 5.92 Å². The summed E-state index contributed by atoms with van der Waals surface area (Å²) in [5.74, 6) is 0.0980. The normalized spacial score (nSPS) is 23.1. The Kier molecular flexibility index (Phi) is 4.10. The Labute approximate surface area is 114 Å². The number of rotatable bonds is 2. The van der Waals surface area contributed by atoms with E-state index in [1.165, 1.54) is 0 Å². The predicted molar refractivity (Wildman–Crippen MR) is 76.1 cm³/mol. The lowest BCUT2D eigenvalue weighted by Crippen LogP contribution is -2.40. The molecule has 2 rings (SSSR count). The molecule has 4 nitrogen and oxygen atoms in total. The number of phenols is 1. The monoisotopic (exact) mass is 262 g/mol. The van der Waals surface area contributed by atoms with Crippen LogP contribution >= 0.6 is 0 Å². The number of amides is 1. The minimum Gasteiger partial charge on any atom is -0.507 e. The molecule has 0 aromatic heterocycles. The second kappa shape index (κ2) is 5.61. The molecule has 1 saturated carbocycles. The van der Waals surface area contributed by atoms with Gasteiger partial charge in [-0.2, -0.15) is 0 Å². The van der Waals surface area contributed by atoms with E-state index < -0.39 is 0 Å². The molecule has 1 aliphatic rings. The standard InChI is InChI=1S/C15H22N2O2/c1-9-7-8-13(10(2)14(9)18)17-15(19)11-5-3-4-6-12(11)16/h7-8,11-12,18H,3-6,16H2,1-2H3,(H,17,19). The molecule has 2 unspecified atom stereocenters. The average Bonchev–Trinajstić information content (AvgIpc) is 2.40. The number of carbonyl (C=O) groups excluding carboxylic acids is 1. The number of nitrogens with one attached hydrogen (secondary N) is 1. The second-order valence-electron chi connectivity index (χ2n) is 5.45. The molecule has 4 heteroatoms. The largest absolute Gasteiger partial charge is 0.507 e. The molecular formula is C15H22N2O2. The van der Waals surface area contributed by atoms with Crippen molar-refractivity contribution in [1.82, 2.24) is 0 Å². The summed E-state index contributed by atoms with van der Waals surface area (Å²) in [6.07, 6.45) is 3.93. The number of carbonyl (C=O) groups is 1. The van der Waals surface area contributed by atoms with Crippen molar-refractivity contribution in [2.24, 2.45) is 11.7 Å². The molecular weight excluding hydrogens is 240 g/mol. The highest BCUT2D eigenvalue weighted by Gasteiger charge is 2.28. The molecule has 1 aromatic rings. The van der Waals surface area contributed by atoms with E-state index in [4.69, 9.17) is 5.73 Å². The molecule has 0 aliphatic heterocycles. The molecule has 0 bridgehead atoms. The highest BCUT2D eigenvalue weighted by molar-refractivity contribution is 5.94. The molecule has 19 heavy (non-hydrogen) atoms. The minimum absolute atomic E-state index is 0.0291. The lowest BCUT2D eigenvalue weighted by Gasteiger charge is -2.27. The minimum atomic E-state index is -0.114. The molecule has 0 heterocycles. The summed E-state index contributed by atoms with van der Waals surface area (Å²) in [6, 6.07) is 3.59. The van der Waals surface area contributed by atoms with Crippen molar-refractivity contribution in [3.8, 4) is 5.75 Å². The number of hydrogen-bond donors (Lipinski definition) is 3. The molecule has 1 aliphatic carbocycles. The van der Waals surface area contributed by atoms with Crippen molar-refractivity contribution in [2.75, 3.05) is 5.32 Å². The fraction of sp³-hybridized carbons (Fsp3) is 0.533. The van der Waals surface area contributed by atoms with Gasteiger partial charge in [0.2, 0.25) is 5.91 Å². The second-order valence-corrected chi connectivity index (χ2v) is 5.45. The first kappa shape index (κ1) is 13.9. The first-order chi connectivity index (χ1) is 9.00. The van der Waals surface area contributed by atoms with E-state index in [1.54, 1.807) is 13.0 Å². The molecule has 0 radical (unpaired) electrons. The van der Waals surface area contributed by atoms with Crippen LogP contribution in [0.25, 0.3) is 0 Å². The number of phenolic OH excluding ortho intramolecular Hbond substituents is 1. The summed E-state index contributed by atoms with van der Waals surface area (Å²) in [5, 5.41) is 12.8. The van der Waals surface area contributed by atoms with Gasteiger partial charge in [-0.05, 0) is 38.3 Å². The third-order valence-corrected chi connectivity index (χ3v) is 4.05. The van der Waals surface area contributed by atoms with E-state index in [0.717, 1.165) is 31.2 Å². The Morgan fingerprint density at radius 3 is 2.68 bits per heavy atom. The van der Waals surface area contributed by atoms with Gasteiger partial charge in [-0.1, -0.05) is 18.9 Å². The average molecular weight is 262 g/mol. The third-order valence-electron chi connectivity index (χ3n) is 4.05. The van der Waals surface area contributed by atoms with E-state index in [2.05, 4.69) is 5.32 Å². The highest BCUT2D eigenvalue weighted by Crippen LogP contribution is 2.30. The van der Waals surface area contributed by atoms with E-state index >= 15 is 0 Å². The maximum atomic E-state index is 12.3. The van der Waals surface area contributed by atoms with Crippen molar-refractivity contribution >= 4 is 11.6 Å². The van der Waals surface area contributed by atoms with E-state index in [1.807, 2.05) is 13.0 Å². The van der Waals surface area contributed by atoms with Gasteiger partial charge in [-0.25, -0.2) is 0 Å². The number of nitrogens with two attached hydrogens (primary N) is 1. The lowest BCUT2D eigenvalue weighted by atomic mass is 9.84. The van der Waals surface area contributed by atoms with Crippen LogP contribution in [0.2, 0.25) is 0 Å². The maximum absolute atomic E-state index is 12.3. The quantitative estimate of drug-likeness (QED) is 0.766. The van der Waals surface area contributed by atoms with Crippen molar-refractivity contribution < 1.29 is 9.90 Å². The van der Waals surface area contributed by atoms with Crippen LogP contribution in [0, 0.1) is 19.8 Å². The molecule has 104 valence electrons. The van der Waals surface area contributed by atoms with E-state index in [9.17, 15) is 9.90 Å². The predicted octanol–water partition coefficient (Wildman–Crippen LogP) is 2.47. The van der Waals surface area contributed by atoms with Crippen LogP contribution in [0.3, 0.4) is 0 Å². The number of aromatic hydroxyl groups is 1. The van der Waals surface area contributed by atoms with Gasteiger partial charge in [0, 0.05) is 17.3 Å². The number of benzene rings is 1. The van der Waals surface area contributed by atoms with Crippen LogP contribution in [0.4, 0.5) is 5.69 Å². The SMILES string of the molecule is Cc1ccc(NC(=O)C2CCCCC2N)c(C)c1O. The van der Waals surface area contributed by atoms with Gasteiger partial charge < -0.3 is 16.2 Å². The van der Waals surface area contributed by atoms with Crippen LogP contribution in [-0.2, 0) is 4.79 Å². The Morgan fingerprint density at radius 2 is 2.00 bits per heavy atom. The summed E-state index contributed by atoms with van der Waals surface area (Å²) < 4.78 is 0. The van der Waals surface area contributed by atoms with Gasteiger partial charge in [-0.3, -0.25) is 4.79 Å². The van der Waals surface area contributed by atoms with Gasteiger partial charge >= 0.3 is 0 Å². The lowest BCUT2D eigenvalue weighted by molar-refractivity contribution is -0.121. The van der Waals surface area contributed by atoms with Crippen LogP contribution in [0.15, 0.2) is 12.1 Å². The Balaban J connectivity index is 2.12. The fourth-order valence-corrected chi connectivity index (χ4v) is 2.68. The van der Waals surface area contributed by atoms with Crippen LogP contribution in [0.5, 0.6) is 5.75 Å². The van der Waals surface area contributed by atoms with Crippen molar-refractivity contribution in [2.45, 2.75) is 45.6 Å². The number of aryl methyl sites for hydroxylation is 1. The molecule has 1 amide bonds. The van der Waals surface area contributed by atoms with E-state index in [0.29, 0.717) is 11.3 Å². The topological polar surface area (TPSA) is 75.4 Å². The van der Waals surface area contributed by atoms with Crippen LogP contribution in [-0.4, -0.2) is 17.1 Å². The van der Waals surface area contributed by atoms with Crippen molar-refractivity contribution in [3.05, 3.63) is 23.3 Å². The molecule has 4 N–H and O–H groups in total. The van der Waals surface area contributed by atoms with Gasteiger partial charge in [0.25, 0.3) is 0 Å². The first-order valence-electron chi connectivity index (χ1n) is 6.86. The Hall–Kier alpha value is -1.55. The number of anilines is 1. The smallest absolute Gasteiger partial charge is 0.229 e. The van der Waals surface area contributed by atoms with E-state index in [-0.39, 0.29) is 23.6 Å². The fourth-order valence-electron chi connectivity index (χ4n) is 2.68. The zero-order valence-corrected chi connectivity index (χ0v) is 11.6. The zero-order chi connectivity index (χ0) is 14.0. The van der Waals surface area contributed by atoms with Crippen LogP contribution in [0.1, 0.15) is 36.8 Å². The summed E-state index contributed by atoms with van der Waals surface area (Å²) in [7, 11) is 0. The summed E-state index contributed by atoms with van der Waals surface area (Å²) in [4.78, 5) is 12.3. The molecule has 0 spiro atoms. The highest BCUT2D eigenvalue weighted by atomic mass is 16.3. The molecule has 2 atom stereocenters. The summed E-state index contributed by atoms with van der Waals surface area (Å²) >= 11 is 0. The van der Waals surface area contributed by atoms with Crippen LogP contribution < -0.4 is 11.1 Å².